The fraction of sp³-hybridized carbons (Fsp3) is 0. The normalized spacial score (nSPS) is 8.00. The Morgan fingerprint density at radius 2 is 1.27 bits per heavy atom. The van der Waals surface area contributed by atoms with Crippen molar-refractivity contribution in [3.05, 3.63) is 35.9 Å². The highest BCUT2D eigenvalue weighted by atomic mass is 19.2. The van der Waals surface area contributed by atoms with Crippen molar-refractivity contribution in [2.75, 3.05) is 0 Å². The lowest BCUT2D eigenvalue weighted by molar-refractivity contribution is 0.448. The Kier molecular flexibility index (Phi) is 5.33. The predicted octanol–water partition coefficient (Wildman–Crippen LogP) is 0.202. The lowest BCUT2D eigenvalue weighted by Gasteiger charge is -1.85. The molecule has 0 aliphatic heterocycles. The van der Waals surface area contributed by atoms with Crippen molar-refractivity contribution < 1.29 is 18.8 Å². The van der Waals surface area contributed by atoms with E-state index >= 15 is 0 Å². The molecule has 11 heavy (non-hydrogen) atoms. The van der Waals surface area contributed by atoms with E-state index in [0.29, 0.717) is 0 Å². The number of halogens is 2. The Morgan fingerprint density at radius 1 is 1.00 bits per heavy atom. The van der Waals surface area contributed by atoms with E-state index in [0.717, 1.165) is 12.1 Å². The highest BCUT2D eigenvalue weighted by molar-refractivity contribution is 6.13. The highest BCUT2D eigenvalue weighted by Gasteiger charge is 1.93. The second-order valence-corrected chi connectivity index (χ2v) is 1.56. The Balaban J connectivity index is 0.000000292. The van der Waals surface area contributed by atoms with E-state index in [1.807, 2.05) is 0 Å². The maximum atomic E-state index is 11.9. The SMILES string of the molecule is Fc1ccccc1F.OBO. The lowest BCUT2D eigenvalue weighted by Crippen LogP contribution is -1.77. The third-order valence-corrected chi connectivity index (χ3v) is 0.824. The maximum Gasteiger partial charge on any atom is 0.432 e. The molecule has 5 heteroatoms. The monoisotopic (exact) mass is 160 g/mol. The zero-order chi connectivity index (χ0) is 8.69. The van der Waals surface area contributed by atoms with Crippen LogP contribution in [0, 0.1) is 11.6 Å². The van der Waals surface area contributed by atoms with Crippen LogP contribution in [0.3, 0.4) is 0 Å². The van der Waals surface area contributed by atoms with Gasteiger partial charge in [0, 0.05) is 0 Å². The molecule has 2 nitrogen and oxygen atoms in total. The van der Waals surface area contributed by atoms with Gasteiger partial charge in [0.1, 0.15) is 0 Å². The molecule has 0 aliphatic carbocycles. The molecular weight excluding hydrogens is 153 g/mol. The molecule has 0 atom stereocenters. The maximum absolute atomic E-state index is 11.9. The molecule has 0 saturated heterocycles. The Labute approximate surface area is 63.4 Å². The minimum absolute atomic E-state index is 0.750. The third-order valence-electron chi connectivity index (χ3n) is 0.824. The van der Waals surface area contributed by atoms with Crippen LogP contribution in [0.15, 0.2) is 24.3 Å². The van der Waals surface area contributed by atoms with Gasteiger partial charge in [-0.1, -0.05) is 12.1 Å². The first-order chi connectivity index (χ1) is 5.22. The average Bonchev–Trinajstić information content (AvgIpc) is 1.97. The Bertz CT molecular complexity index is 187. The van der Waals surface area contributed by atoms with Crippen molar-refractivity contribution in [1.29, 1.82) is 0 Å². The van der Waals surface area contributed by atoms with Crippen LogP contribution in [0.5, 0.6) is 0 Å². The van der Waals surface area contributed by atoms with Crippen molar-refractivity contribution in [1.82, 2.24) is 0 Å². The van der Waals surface area contributed by atoms with Crippen molar-refractivity contribution in [2.24, 2.45) is 0 Å². The summed E-state index contributed by atoms with van der Waals surface area (Å²) in [7, 11) is -0.750. The zero-order valence-corrected chi connectivity index (χ0v) is 5.67. The van der Waals surface area contributed by atoms with Crippen LogP contribution in [0.2, 0.25) is 0 Å². The highest BCUT2D eigenvalue weighted by Crippen LogP contribution is 2.01. The first-order valence-electron chi connectivity index (χ1n) is 2.84. The summed E-state index contributed by atoms with van der Waals surface area (Å²) in [5.74, 6) is -1.60. The van der Waals surface area contributed by atoms with Gasteiger partial charge in [0.2, 0.25) is 0 Å². The molecule has 0 spiro atoms. The molecule has 0 amide bonds. The second-order valence-electron chi connectivity index (χ2n) is 1.56. The minimum Gasteiger partial charge on any atom is -0.430 e. The van der Waals surface area contributed by atoms with Gasteiger partial charge in [-0.2, -0.15) is 0 Å². The zero-order valence-electron chi connectivity index (χ0n) is 5.67. The van der Waals surface area contributed by atoms with Crippen LogP contribution >= 0.6 is 0 Å². The summed E-state index contributed by atoms with van der Waals surface area (Å²) in [6, 6.07) is 5.04. The van der Waals surface area contributed by atoms with Gasteiger partial charge in [-0.3, -0.25) is 0 Å². The second kappa shape index (κ2) is 5.82. The molecule has 0 unspecified atom stereocenters. The molecule has 0 heterocycles. The Hall–Kier alpha value is -0.935. The van der Waals surface area contributed by atoms with Crippen LogP contribution in [-0.2, 0) is 0 Å². The van der Waals surface area contributed by atoms with E-state index in [1.165, 1.54) is 12.1 Å². The lowest BCUT2D eigenvalue weighted by atomic mass is 10.3. The van der Waals surface area contributed by atoms with E-state index < -0.39 is 19.3 Å². The summed E-state index contributed by atoms with van der Waals surface area (Å²) >= 11 is 0. The molecule has 0 aromatic heterocycles. The van der Waals surface area contributed by atoms with Crippen LogP contribution in [0.1, 0.15) is 0 Å². The molecule has 0 saturated carbocycles. The van der Waals surface area contributed by atoms with Crippen molar-refractivity contribution in [3.8, 4) is 0 Å². The first-order valence-corrected chi connectivity index (χ1v) is 2.84. The van der Waals surface area contributed by atoms with Crippen LogP contribution < -0.4 is 0 Å². The quantitative estimate of drug-likeness (QED) is 0.532. The van der Waals surface area contributed by atoms with E-state index in [-0.39, 0.29) is 0 Å². The topological polar surface area (TPSA) is 40.5 Å². The Morgan fingerprint density at radius 3 is 1.45 bits per heavy atom. The molecule has 1 aromatic carbocycles. The molecule has 0 bridgehead atoms. The van der Waals surface area contributed by atoms with Gasteiger partial charge in [0.25, 0.3) is 0 Å². The van der Waals surface area contributed by atoms with Gasteiger partial charge in [-0.15, -0.1) is 0 Å². The number of hydrogen-bond acceptors (Lipinski definition) is 2. The molecule has 0 aliphatic rings. The molecular formula is C6H7BF2O2. The van der Waals surface area contributed by atoms with Crippen LogP contribution in [0.25, 0.3) is 0 Å². The number of hydrogen-bond donors (Lipinski definition) is 2. The fourth-order valence-corrected chi connectivity index (χ4v) is 0.439. The third kappa shape index (κ3) is 4.47. The fourth-order valence-electron chi connectivity index (χ4n) is 0.439. The molecule has 0 fully saturated rings. The standard InChI is InChI=1S/C6H4F2.BH3O2/c7-5-3-1-2-4-6(5)8;2-1-3/h1-4H;1-3H. The van der Waals surface area contributed by atoms with E-state index in [9.17, 15) is 8.78 Å². The van der Waals surface area contributed by atoms with Crippen molar-refractivity contribution in [3.63, 3.8) is 0 Å². The van der Waals surface area contributed by atoms with Gasteiger partial charge in [-0.25, -0.2) is 8.78 Å². The molecule has 1 aromatic rings. The van der Waals surface area contributed by atoms with Gasteiger partial charge >= 0.3 is 7.69 Å². The largest absolute Gasteiger partial charge is 0.432 e. The van der Waals surface area contributed by atoms with Crippen molar-refractivity contribution in [2.45, 2.75) is 0 Å². The van der Waals surface area contributed by atoms with E-state index in [1.54, 1.807) is 0 Å². The van der Waals surface area contributed by atoms with Gasteiger partial charge in [0.05, 0.1) is 0 Å². The molecule has 0 radical (unpaired) electrons. The summed E-state index contributed by atoms with van der Waals surface area (Å²) in [6.45, 7) is 0. The number of rotatable bonds is 0. The minimum atomic E-state index is -0.799. The van der Waals surface area contributed by atoms with Gasteiger partial charge < -0.3 is 10.0 Å². The number of benzene rings is 1. The van der Waals surface area contributed by atoms with Crippen LogP contribution in [-0.4, -0.2) is 17.7 Å². The summed E-state index contributed by atoms with van der Waals surface area (Å²) < 4.78 is 23.9. The summed E-state index contributed by atoms with van der Waals surface area (Å²) in [5.41, 5.74) is 0. The van der Waals surface area contributed by atoms with E-state index in [4.69, 9.17) is 10.0 Å². The smallest absolute Gasteiger partial charge is 0.430 e. The summed E-state index contributed by atoms with van der Waals surface area (Å²) in [6.07, 6.45) is 0. The summed E-state index contributed by atoms with van der Waals surface area (Å²) in [4.78, 5) is 0. The molecule has 2 N–H and O–H groups in total. The molecule has 60 valence electrons. The van der Waals surface area contributed by atoms with Gasteiger partial charge in [-0.05, 0) is 12.1 Å². The van der Waals surface area contributed by atoms with Crippen LogP contribution in [0.4, 0.5) is 8.78 Å². The van der Waals surface area contributed by atoms with Gasteiger partial charge in [0.15, 0.2) is 11.6 Å². The molecule has 1 rings (SSSR count). The first kappa shape index (κ1) is 10.1. The summed E-state index contributed by atoms with van der Waals surface area (Å²) in [5, 5.41) is 14.2. The predicted molar refractivity (Wildman–Crippen MR) is 37.9 cm³/mol. The van der Waals surface area contributed by atoms with Crippen molar-refractivity contribution >= 4 is 7.69 Å². The van der Waals surface area contributed by atoms with E-state index in [2.05, 4.69) is 0 Å². The average molecular weight is 160 g/mol.